The molecule has 1 aromatic heterocycles. The van der Waals surface area contributed by atoms with Crippen LogP contribution < -0.4 is 0 Å². The van der Waals surface area contributed by atoms with Gasteiger partial charge in [-0.1, -0.05) is 0 Å². The first kappa shape index (κ1) is 12.5. The van der Waals surface area contributed by atoms with Gasteiger partial charge in [0.25, 0.3) is 0 Å². The van der Waals surface area contributed by atoms with Crippen LogP contribution in [0.15, 0.2) is 0 Å². The highest BCUT2D eigenvalue weighted by Crippen LogP contribution is 2.17. The summed E-state index contributed by atoms with van der Waals surface area (Å²) >= 11 is 0. The van der Waals surface area contributed by atoms with Crippen LogP contribution >= 0.6 is 0 Å². The Morgan fingerprint density at radius 1 is 1.35 bits per heavy atom. The molecule has 0 aliphatic carbocycles. The predicted molar refractivity (Wildman–Crippen MR) is 63.5 cm³/mol. The van der Waals surface area contributed by atoms with E-state index in [2.05, 4.69) is 10.2 Å². The van der Waals surface area contributed by atoms with Gasteiger partial charge in [-0.25, -0.2) is 0 Å². The van der Waals surface area contributed by atoms with Crippen LogP contribution in [-0.2, 0) is 24.3 Å². The number of rotatable bonds is 5. The Morgan fingerprint density at radius 2 is 2.18 bits per heavy atom. The summed E-state index contributed by atoms with van der Waals surface area (Å²) in [5, 5.41) is 17.3. The van der Waals surface area contributed by atoms with Crippen molar-refractivity contribution in [3.63, 3.8) is 0 Å². The monoisotopic (exact) mass is 239 g/mol. The first-order valence-electron chi connectivity index (χ1n) is 6.48. The Hall–Kier alpha value is -0.940. The fourth-order valence-corrected chi connectivity index (χ4v) is 2.36. The Bertz CT molecular complexity index is 346. The van der Waals surface area contributed by atoms with Gasteiger partial charge in [-0.15, -0.1) is 10.2 Å². The molecule has 5 heteroatoms. The third-order valence-electron chi connectivity index (χ3n) is 3.33. The zero-order valence-electron chi connectivity index (χ0n) is 10.4. The van der Waals surface area contributed by atoms with Crippen LogP contribution in [0.3, 0.4) is 0 Å². The smallest absolute Gasteiger partial charge is 0.158 e. The molecule has 2 heterocycles. The Morgan fingerprint density at radius 3 is 2.82 bits per heavy atom. The summed E-state index contributed by atoms with van der Waals surface area (Å²) < 4.78 is 7.69. The van der Waals surface area contributed by atoms with E-state index >= 15 is 0 Å². The summed E-state index contributed by atoms with van der Waals surface area (Å²) in [5.74, 6) is 1.62. The molecule has 0 bridgehead atoms. The van der Waals surface area contributed by atoms with E-state index in [4.69, 9.17) is 9.84 Å². The predicted octanol–water partition coefficient (Wildman–Crippen LogP) is 1.29. The van der Waals surface area contributed by atoms with Gasteiger partial charge in [0.1, 0.15) is 12.4 Å². The third-order valence-corrected chi connectivity index (χ3v) is 3.33. The van der Waals surface area contributed by atoms with Crippen molar-refractivity contribution in [3.05, 3.63) is 11.6 Å². The lowest BCUT2D eigenvalue weighted by Crippen LogP contribution is -2.20. The second-order valence-electron chi connectivity index (χ2n) is 4.46. The highest BCUT2D eigenvalue weighted by atomic mass is 16.5. The highest BCUT2D eigenvalue weighted by Gasteiger charge is 2.16. The van der Waals surface area contributed by atoms with Gasteiger partial charge in [-0.2, -0.15) is 0 Å². The van der Waals surface area contributed by atoms with Crippen molar-refractivity contribution in [2.24, 2.45) is 0 Å². The molecule has 1 fully saturated rings. The zero-order chi connectivity index (χ0) is 12.1. The molecule has 1 aliphatic rings. The molecule has 0 amide bonds. The molecular weight excluding hydrogens is 218 g/mol. The summed E-state index contributed by atoms with van der Waals surface area (Å²) in [4.78, 5) is 0. The lowest BCUT2D eigenvalue weighted by Gasteiger charge is -2.22. The number of hydrogen-bond donors (Lipinski definition) is 1. The Labute approximate surface area is 102 Å². The summed E-state index contributed by atoms with van der Waals surface area (Å²) in [7, 11) is 0. The summed E-state index contributed by atoms with van der Waals surface area (Å²) in [6, 6.07) is 0. The van der Waals surface area contributed by atoms with Crippen LogP contribution in [0.2, 0.25) is 0 Å². The second-order valence-corrected chi connectivity index (χ2v) is 4.46. The first-order chi connectivity index (χ1) is 8.35. The van der Waals surface area contributed by atoms with Crippen LogP contribution in [-0.4, -0.2) is 32.6 Å². The molecule has 1 N–H and O–H groups in total. The van der Waals surface area contributed by atoms with Crippen molar-refractivity contribution < 1.29 is 9.84 Å². The molecule has 1 unspecified atom stereocenters. The largest absolute Gasteiger partial charge is 0.388 e. The lowest BCUT2D eigenvalue weighted by molar-refractivity contribution is 0.0111. The van der Waals surface area contributed by atoms with Gasteiger partial charge in [0.2, 0.25) is 0 Å². The lowest BCUT2D eigenvalue weighted by atomic mass is 10.0. The SMILES string of the molecule is CCn1c(CO)nnc1CCC1CCCCO1. The number of aryl methyl sites for hydroxylation is 1. The molecule has 0 aromatic carbocycles. The average molecular weight is 239 g/mol. The van der Waals surface area contributed by atoms with Crippen molar-refractivity contribution in [3.8, 4) is 0 Å². The van der Waals surface area contributed by atoms with E-state index in [1.165, 1.54) is 12.8 Å². The van der Waals surface area contributed by atoms with Gasteiger partial charge in [0.15, 0.2) is 5.82 Å². The summed E-state index contributed by atoms with van der Waals surface area (Å²) in [6.07, 6.45) is 5.88. The average Bonchev–Trinajstić information content (AvgIpc) is 2.79. The number of ether oxygens (including phenoxy) is 1. The highest BCUT2D eigenvalue weighted by molar-refractivity contribution is 4.95. The van der Waals surface area contributed by atoms with E-state index in [0.717, 1.165) is 38.2 Å². The quantitative estimate of drug-likeness (QED) is 0.841. The van der Waals surface area contributed by atoms with Gasteiger partial charge < -0.3 is 14.4 Å². The van der Waals surface area contributed by atoms with Crippen LogP contribution in [0, 0.1) is 0 Å². The van der Waals surface area contributed by atoms with E-state index in [9.17, 15) is 0 Å². The van der Waals surface area contributed by atoms with Gasteiger partial charge in [-0.05, 0) is 32.6 Å². The minimum Gasteiger partial charge on any atom is -0.388 e. The Balaban J connectivity index is 1.91. The first-order valence-corrected chi connectivity index (χ1v) is 6.48. The minimum absolute atomic E-state index is 0.0409. The number of aliphatic hydroxyl groups excluding tert-OH is 1. The van der Waals surface area contributed by atoms with Crippen molar-refractivity contribution in [1.29, 1.82) is 0 Å². The van der Waals surface area contributed by atoms with E-state index in [0.29, 0.717) is 11.9 Å². The normalized spacial score (nSPS) is 20.7. The molecule has 96 valence electrons. The second kappa shape index (κ2) is 6.12. The Kier molecular flexibility index (Phi) is 4.50. The standard InChI is InChI=1S/C12H21N3O2/c1-2-15-11(13-14-12(15)9-16)7-6-10-5-3-4-8-17-10/h10,16H,2-9H2,1H3. The molecule has 2 rings (SSSR count). The fraction of sp³-hybridized carbons (Fsp3) is 0.833. The maximum atomic E-state index is 9.13. The summed E-state index contributed by atoms with van der Waals surface area (Å²) in [5.41, 5.74) is 0. The maximum Gasteiger partial charge on any atom is 0.158 e. The van der Waals surface area contributed by atoms with Gasteiger partial charge in [-0.3, -0.25) is 0 Å². The molecule has 0 spiro atoms. The van der Waals surface area contributed by atoms with Crippen LogP contribution in [0.4, 0.5) is 0 Å². The fourth-order valence-electron chi connectivity index (χ4n) is 2.36. The molecule has 1 atom stereocenters. The maximum absolute atomic E-state index is 9.13. The van der Waals surface area contributed by atoms with Gasteiger partial charge >= 0.3 is 0 Å². The molecule has 5 nitrogen and oxygen atoms in total. The van der Waals surface area contributed by atoms with Crippen LogP contribution in [0.25, 0.3) is 0 Å². The number of nitrogens with zero attached hydrogens (tertiary/aromatic N) is 3. The van der Waals surface area contributed by atoms with E-state index < -0.39 is 0 Å². The van der Waals surface area contributed by atoms with Crippen LogP contribution in [0.5, 0.6) is 0 Å². The van der Waals surface area contributed by atoms with E-state index in [1.54, 1.807) is 0 Å². The molecule has 1 aromatic rings. The van der Waals surface area contributed by atoms with Gasteiger partial charge in [0.05, 0.1) is 6.10 Å². The van der Waals surface area contributed by atoms with Gasteiger partial charge in [0, 0.05) is 19.6 Å². The number of aliphatic hydroxyl groups is 1. The molecule has 17 heavy (non-hydrogen) atoms. The molecule has 1 aliphatic heterocycles. The van der Waals surface area contributed by atoms with E-state index in [1.807, 2.05) is 11.5 Å². The number of aromatic nitrogens is 3. The van der Waals surface area contributed by atoms with Crippen molar-refractivity contribution in [1.82, 2.24) is 14.8 Å². The van der Waals surface area contributed by atoms with Crippen molar-refractivity contribution >= 4 is 0 Å². The van der Waals surface area contributed by atoms with E-state index in [-0.39, 0.29) is 6.61 Å². The molecule has 0 saturated carbocycles. The summed E-state index contributed by atoms with van der Waals surface area (Å²) in [6.45, 7) is 3.71. The van der Waals surface area contributed by atoms with Crippen LogP contribution in [0.1, 0.15) is 44.3 Å². The van der Waals surface area contributed by atoms with Crippen molar-refractivity contribution in [2.45, 2.75) is 58.3 Å². The van der Waals surface area contributed by atoms with Crippen molar-refractivity contribution in [2.75, 3.05) is 6.61 Å². The zero-order valence-corrected chi connectivity index (χ0v) is 10.4. The minimum atomic E-state index is -0.0409. The topological polar surface area (TPSA) is 60.2 Å². The number of hydrogen-bond acceptors (Lipinski definition) is 4. The molecule has 1 saturated heterocycles. The molecular formula is C12H21N3O2. The molecule has 0 radical (unpaired) electrons. The third kappa shape index (κ3) is 3.04.